The van der Waals surface area contributed by atoms with Gasteiger partial charge >= 0.3 is 0 Å². The van der Waals surface area contributed by atoms with Crippen molar-refractivity contribution >= 4 is 38.7 Å². The largest absolute Gasteiger partial charge is 0.463 e. The zero-order chi connectivity index (χ0) is 14.1. The zero-order valence-electron chi connectivity index (χ0n) is 10.7. The van der Waals surface area contributed by atoms with Crippen LogP contribution < -0.4 is 5.43 Å². The van der Waals surface area contributed by atoms with Gasteiger partial charge in [0.25, 0.3) is 0 Å². The number of hydrogen-bond acceptors (Lipinski definition) is 3. The molecule has 3 aromatic rings. The van der Waals surface area contributed by atoms with Crippen LogP contribution in [-0.4, -0.2) is 0 Å². The SMILES string of the molecule is Cc1ccc(Sc2coc3ccc(Br)cc3c2=O)cc1. The first kappa shape index (κ1) is 13.5. The van der Waals surface area contributed by atoms with Gasteiger partial charge in [0.05, 0.1) is 10.3 Å². The van der Waals surface area contributed by atoms with Gasteiger partial charge < -0.3 is 4.42 Å². The maximum absolute atomic E-state index is 12.5. The number of hydrogen-bond donors (Lipinski definition) is 0. The van der Waals surface area contributed by atoms with Gasteiger partial charge in [0.15, 0.2) is 0 Å². The highest BCUT2D eigenvalue weighted by molar-refractivity contribution is 9.10. The minimum atomic E-state index is -0.00174. The summed E-state index contributed by atoms with van der Waals surface area (Å²) in [6, 6.07) is 13.5. The van der Waals surface area contributed by atoms with Crippen molar-refractivity contribution in [2.24, 2.45) is 0 Å². The average molecular weight is 347 g/mol. The van der Waals surface area contributed by atoms with Crippen molar-refractivity contribution in [2.45, 2.75) is 16.7 Å². The van der Waals surface area contributed by atoms with Crippen molar-refractivity contribution in [1.82, 2.24) is 0 Å². The van der Waals surface area contributed by atoms with E-state index >= 15 is 0 Å². The fourth-order valence-corrected chi connectivity index (χ4v) is 3.08. The van der Waals surface area contributed by atoms with Crippen LogP contribution in [-0.2, 0) is 0 Å². The standard InChI is InChI=1S/C16H11BrO2S/c1-10-2-5-12(6-3-10)20-15-9-19-14-7-4-11(17)8-13(14)16(15)18/h2-9H,1H3. The molecular weight excluding hydrogens is 336 g/mol. The van der Waals surface area contributed by atoms with Gasteiger partial charge in [0, 0.05) is 9.37 Å². The highest BCUT2D eigenvalue weighted by Crippen LogP contribution is 2.27. The lowest BCUT2D eigenvalue weighted by atomic mass is 10.2. The van der Waals surface area contributed by atoms with Crippen LogP contribution in [0.4, 0.5) is 0 Å². The molecule has 0 atom stereocenters. The lowest BCUT2D eigenvalue weighted by molar-refractivity contribution is 0.587. The molecule has 0 spiro atoms. The predicted octanol–water partition coefficient (Wildman–Crippen LogP) is 5.02. The first-order valence-corrected chi connectivity index (χ1v) is 7.70. The molecule has 0 radical (unpaired) electrons. The molecule has 0 fully saturated rings. The van der Waals surface area contributed by atoms with Gasteiger partial charge in [-0.15, -0.1) is 0 Å². The third-order valence-electron chi connectivity index (χ3n) is 2.95. The van der Waals surface area contributed by atoms with E-state index in [2.05, 4.69) is 15.9 Å². The van der Waals surface area contributed by atoms with E-state index in [1.54, 1.807) is 12.1 Å². The molecule has 2 nitrogen and oxygen atoms in total. The number of aryl methyl sites for hydroxylation is 1. The van der Waals surface area contributed by atoms with Crippen molar-refractivity contribution in [2.75, 3.05) is 0 Å². The molecule has 0 aliphatic rings. The molecule has 1 aromatic heterocycles. The van der Waals surface area contributed by atoms with Gasteiger partial charge in [-0.2, -0.15) is 0 Å². The minimum Gasteiger partial charge on any atom is -0.463 e. The summed E-state index contributed by atoms with van der Waals surface area (Å²) in [4.78, 5) is 14.1. The fraction of sp³-hybridized carbons (Fsp3) is 0.0625. The summed E-state index contributed by atoms with van der Waals surface area (Å²) in [6.45, 7) is 2.04. The number of benzene rings is 2. The third-order valence-corrected chi connectivity index (χ3v) is 4.45. The zero-order valence-corrected chi connectivity index (χ0v) is 13.1. The van der Waals surface area contributed by atoms with E-state index in [1.165, 1.54) is 23.6 Å². The molecule has 0 saturated heterocycles. The van der Waals surface area contributed by atoms with E-state index in [0.717, 1.165) is 9.37 Å². The third kappa shape index (κ3) is 2.67. The molecule has 20 heavy (non-hydrogen) atoms. The molecule has 4 heteroatoms. The fourth-order valence-electron chi connectivity index (χ4n) is 1.89. The average Bonchev–Trinajstić information content (AvgIpc) is 2.45. The van der Waals surface area contributed by atoms with Crippen molar-refractivity contribution in [3.8, 4) is 0 Å². The lowest BCUT2D eigenvalue weighted by Gasteiger charge is -2.03. The Balaban J connectivity index is 2.06. The second-order valence-electron chi connectivity index (χ2n) is 4.48. The Morgan fingerprint density at radius 3 is 2.60 bits per heavy atom. The van der Waals surface area contributed by atoms with Crippen LogP contribution in [0.5, 0.6) is 0 Å². The maximum Gasteiger partial charge on any atom is 0.206 e. The summed E-state index contributed by atoms with van der Waals surface area (Å²) in [7, 11) is 0. The van der Waals surface area contributed by atoms with Crippen molar-refractivity contribution in [3.05, 3.63) is 69.0 Å². The molecule has 0 bridgehead atoms. The van der Waals surface area contributed by atoms with E-state index in [4.69, 9.17) is 4.42 Å². The van der Waals surface area contributed by atoms with Crippen LogP contribution in [0.3, 0.4) is 0 Å². The molecule has 3 rings (SSSR count). The van der Waals surface area contributed by atoms with E-state index in [1.807, 2.05) is 37.3 Å². The minimum absolute atomic E-state index is 0.00174. The number of rotatable bonds is 2. The Morgan fingerprint density at radius 2 is 1.85 bits per heavy atom. The van der Waals surface area contributed by atoms with Crippen LogP contribution >= 0.6 is 27.7 Å². The Hall–Kier alpha value is -1.52. The van der Waals surface area contributed by atoms with Gasteiger partial charge in [-0.25, -0.2) is 0 Å². The van der Waals surface area contributed by atoms with E-state index in [-0.39, 0.29) is 5.43 Å². The van der Waals surface area contributed by atoms with Crippen LogP contribution in [0.1, 0.15) is 5.56 Å². The Morgan fingerprint density at radius 1 is 1.10 bits per heavy atom. The van der Waals surface area contributed by atoms with E-state index < -0.39 is 0 Å². The highest BCUT2D eigenvalue weighted by Gasteiger charge is 2.08. The Bertz CT molecular complexity index is 822. The number of halogens is 1. The van der Waals surface area contributed by atoms with Gasteiger partial charge in [-0.3, -0.25) is 4.79 Å². The lowest BCUT2D eigenvalue weighted by Crippen LogP contribution is -2.03. The summed E-state index contributed by atoms with van der Waals surface area (Å²) in [5.41, 5.74) is 1.80. The Labute approximate surface area is 128 Å². The molecule has 0 N–H and O–H groups in total. The van der Waals surface area contributed by atoms with E-state index in [0.29, 0.717) is 15.9 Å². The monoisotopic (exact) mass is 346 g/mol. The summed E-state index contributed by atoms with van der Waals surface area (Å²) < 4.78 is 6.40. The van der Waals surface area contributed by atoms with Crippen molar-refractivity contribution in [3.63, 3.8) is 0 Å². The van der Waals surface area contributed by atoms with Crippen LogP contribution in [0, 0.1) is 6.92 Å². The predicted molar refractivity (Wildman–Crippen MR) is 85.5 cm³/mol. The molecule has 1 heterocycles. The van der Waals surface area contributed by atoms with Crippen LogP contribution in [0.15, 0.2) is 72.2 Å². The van der Waals surface area contributed by atoms with Crippen LogP contribution in [0.2, 0.25) is 0 Å². The molecule has 0 unspecified atom stereocenters. The molecule has 2 aromatic carbocycles. The first-order chi connectivity index (χ1) is 9.63. The Kier molecular flexibility index (Phi) is 3.68. The van der Waals surface area contributed by atoms with Gasteiger partial charge in [0.2, 0.25) is 5.43 Å². The van der Waals surface area contributed by atoms with Gasteiger partial charge in [0.1, 0.15) is 11.8 Å². The topological polar surface area (TPSA) is 30.2 Å². The van der Waals surface area contributed by atoms with Gasteiger partial charge in [-0.05, 0) is 37.3 Å². The molecule has 0 aliphatic carbocycles. The quantitative estimate of drug-likeness (QED) is 0.652. The molecule has 0 saturated carbocycles. The van der Waals surface area contributed by atoms with E-state index in [9.17, 15) is 4.79 Å². The smallest absolute Gasteiger partial charge is 0.206 e. The highest BCUT2D eigenvalue weighted by atomic mass is 79.9. The summed E-state index contributed by atoms with van der Waals surface area (Å²) >= 11 is 4.80. The summed E-state index contributed by atoms with van der Waals surface area (Å²) in [5, 5.41) is 0.594. The second-order valence-corrected chi connectivity index (χ2v) is 6.52. The van der Waals surface area contributed by atoms with Crippen molar-refractivity contribution < 1.29 is 4.42 Å². The summed E-state index contributed by atoms with van der Waals surface area (Å²) in [6.07, 6.45) is 1.53. The molecular formula is C16H11BrO2S. The summed E-state index contributed by atoms with van der Waals surface area (Å²) in [5.74, 6) is 0. The number of fused-ring (bicyclic) bond motifs is 1. The van der Waals surface area contributed by atoms with Crippen molar-refractivity contribution in [1.29, 1.82) is 0 Å². The second kappa shape index (κ2) is 5.46. The molecule has 0 amide bonds. The molecule has 100 valence electrons. The van der Waals surface area contributed by atoms with Gasteiger partial charge in [-0.1, -0.05) is 45.4 Å². The maximum atomic E-state index is 12.5. The first-order valence-electron chi connectivity index (χ1n) is 6.09. The van der Waals surface area contributed by atoms with Crippen LogP contribution in [0.25, 0.3) is 11.0 Å². The molecule has 0 aliphatic heterocycles. The normalized spacial score (nSPS) is 10.9.